The summed E-state index contributed by atoms with van der Waals surface area (Å²) >= 11 is 0. The highest BCUT2D eigenvalue weighted by atomic mass is 16.6. The van der Waals surface area contributed by atoms with Gasteiger partial charge in [-0.15, -0.1) is 0 Å². The maximum Gasteiger partial charge on any atom is 0.277 e. The fourth-order valence-electron chi connectivity index (χ4n) is 3.83. The summed E-state index contributed by atoms with van der Waals surface area (Å²) < 4.78 is 6.12. The Morgan fingerprint density at radius 3 is 2.69 bits per heavy atom. The zero-order chi connectivity index (χ0) is 20.4. The topological polar surface area (TPSA) is 81.6 Å². The predicted molar refractivity (Wildman–Crippen MR) is 113 cm³/mol. The van der Waals surface area contributed by atoms with Crippen molar-refractivity contribution in [2.75, 3.05) is 11.4 Å². The van der Waals surface area contributed by atoms with E-state index in [1.807, 2.05) is 54.3 Å². The maximum atomic E-state index is 11.6. The van der Waals surface area contributed by atoms with Gasteiger partial charge in [-0.05, 0) is 24.6 Å². The fraction of sp³-hybridized carbons (Fsp3) is 0.217. The monoisotopic (exact) mass is 389 g/mol. The Morgan fingerprint density at radius 2 is 1.90 bits per heavy atom. The van der Waals surface area contributed by atoms with Crippen LogP contribution in [0.2, 0.25) is 0 Å². The lowest BCUT2D eigenvalue weighted by atomic mass is 10.0. The SMILES string of the molecule is Cc1cccc(C(N)CN2c3ccccc3COC2c2ccccc2[N+](=O)[O-])c1. The molecule has 0 saturated heterocycles. The molecular weight excluding hydrogens is 366 g/mol. The van der Waals surface area contributed by atoms with Gasteiger partial charge in [-0.25, -0.2) is 0 Å². The summed E-state index contributed by atoms with van der Waals surface area (Å²) in [5, 5.41) is 11.6. The number of ether oxygens (including phenoxy) is 1. The lowest BCUT2D eigenvalue weighted by Gasteiger charge is -2.40. The molecule has 6 nitrogen and oxygen atoms in total. The summed E-state index contributed by atoms with van der Waals surface area (Å²) in [5.41, 5.74) is 11.3. The van der Waals surface area contributed by atoms with Gasteiger partial charge in [0.15, 0.2) is 6.23 Å². The molecule has 0 aromatic heterocycles. The number of rotatable bonds is 5. The van der Waals surface area contributed by atoms with E-state index in [1.54, 1.807) is 18.2 Å². The molecule has 6 heteroatoms. The molecule has 1 heterocycles. The number of nitro benzene ring substituents is 1. The number of nitrogens with zero attached hydrogens (tertiary/aromatic N) is 2. The van der Waals surface area contributed by atoms with Gasteiger partial charge < -0.3 is 15.4 Å². The summed E-state index contributed by atoms with van der Waals surface area (Å²) in [7, 11) is 0. The van der Waals surface area contributed by atoms with Crippen LogP contribution in [-0.2, 0) is 11.3 Å². The number of hydrogen-bond acceptors (Lipinski definition) is 5. The van der Waals surface area contributed by atoms with Crippen LogP contribution in [0.15, 0.2) is 72.8 Å². The van der Waals surface area contributed by atoms with Gasteiger partial charge in [0.05, 0.1) is 17.1 Å². The molecule has 0 amide bonds. The first-order valence-corrected chi connectivity index (χ1v) is 9.56. The first-order chi connectivity index (χ1) is 14.0. The Labute approximate surface area is 169 Å². The van der Waals surface area contributed by atoms with Gasteiger partial charge in [-0.1, -0.05) is 60.2 Å². The third-order valence-corrected chi connectivity index (χ3v) is 5.24. The number of nitro groups is 1. The van der Waals surface area contributed by atoms with Gasteiger partial charge in [0.25, 0.3) is 5.69 Å². The van der Waals surface area contributed by atoms with Crippen LogP contribution in [-0.4, -0.2) is 11.5 Å². The molecule has 1 aliphatic heterocycles. The smallest absolute Gasteiger partial charge is 0.277 e. The number of aryl methyl sites for hydroxylation is 1. The summed E-state index contributed by atoms with van der Waals surface area (Å²) in [6, 6.07) is 22.5. The van der Waals surface area contributed by atoms with Crippen LogP contribution in [0, 0.1) is 17.0 Å². The normalized spacial score (nSPS) is 16.9. The van der Waals surface area contributed by atoms with E-state index in [0.29, 0.717) is 18.7 Å². The minimum atomic E-state index is -0.581. The lowest BCUT2D eigenvalue weighted by molar-refractivity contribution is -0.386. The number of nitrogens with two attached hydrogens (primary N) is 1. The number of para-hydroxylation sites is 2. The Kier molecular flexibility index (Phi) is 5.29. The van der Waals surface area contributed by atoms with E-state index in [-0.39, 0.29) is 16.7 Å². The number of hydrogen-bond donors (Lipinski definition) is 1. The molecular formula is C23H23N3O3. The van der Waals surface area contributed by atoms with Gasteiger partial charge in [-0.2, -0.15) is 0 Å². The Bertz CT molecular complexity index is 1040. The van der Waals surface area contributed by atoms with E-state index in [1.165, 1.54) is 6.07 Å². The molecule has 2 N–H and O–H groups in total. The van der Waals surface area contributed by atoms with Crippen molar-refractivity contribution in [3.05, 3.63) is 105 Å². The third kappa shape index (κ3) is 3.85. The quantitative estimate of drug-likeness (QED) is 0.508. The molecule has 3 aromatic carbocycles. The standard InChI is InChI=1S/C23H23N3O3/c1-16-7-6-9-17(13-16)20(24)14-25-21-11-4-2-8-18(21)15-29-23(25)19-10-3-5-12-22(19)26(27)28/h2-13,20,23H,14-15,24H2,1H3. The van der Waals surface area contributed by atoms with Gasteiger partial charge in [0.2, 0.25) is 0 Å². The average molecular weight is 389 g/mol. The van der Waals surface area contributed by atoms with Crippen LogP contribution in [0.5, 0.6) is 0 Å². The summed E-state index contributed by atoms with van der Waals surface area (Å²) in [6.45, 7) is 2.89. The summed E-state index contributed by atoms with van der Waals surface area (Å²) in [6.07, 6.45) is -0.581. The first kappa shape index (κ1) is 19.1. The third-order valence-electron chi connectivity index (χ3n) is 5.24. The second-order valence-corrected chi connectivity index (χ2v) is 7.28. The molecule has 3 aromatic rings. The molecule has 0 spiro atoms. The second-order valence-electron chi connectivity index (χ2n) is 7.28. The minimum Gasteiger partial charge on any atom is -0.349 e. The molecule has 0 aliphatic carbocycles. The van der Waals surface area contributed by atoms with Crippen LogP contribution >= 0.6 is 0 Å². The molecule has 0 saturated carbocycles. The zero-order valence-corrected chi connectivity index (χ0v) is 16.2. The van der Waals surface area contributed by atoms with Crippen molar-refractivity contribution in [1.29, 1.82) is 0 Å². The van der Waals surface area contributed by atoms with E-state index in [2.05, 4.69) is 6.07 Å². The van der Waals surface area contributed by atoms with E-state index < -0.39 is 6.23 Å². The summed E-state index contributed by atoms with van der Waals surface area (Å²) in [4.78, 5) is 13.3. The Morgan fingerprint density at radius 1 is 1.14 bits per heavy atom. The molecule has 2 atom stereocenters. The van der Waals surface area contributed by atoms with Crippen molar-refractivity contribution < 1.29 is 9.66 Å². The van der Waals surface area contributed by atoms with E-state index in [0.717, 1.165) is 22.4 Å². The number of anilines is 1. The van der Waals surface area contributed by atoms with Crippen molar-refractivity contribution in [3.8, 4) is 0 Å². The number of fused-ring (bicyclic) bond motifs is 1. The number of benzene rings is 3. The van der Waals surface area contributed by atoms with E-state index in [4.69, 9.17) is 10.5 Å². The van der Waals surface area contributed by atoms with Gasteiger partial charge >= 0.3 is 0 Å². The fourth-order valence-corrected chi connectivity index (χ4v) is 3.83. The average Bonchev–Trinajstić information content (AvgIpc) is 2.74. The summed E-state index contributed by atoms with van der Waals surface area (Å²) in [5.74, 6) is 0. The van der Waals surface area contributed by atoms with Crippen LogP contribution < -0.4 is 10.6 Å². The molecule has 1 aliphatic rings. The van der Waals surface area contributed by atoms with Crippen molar-refractivity contribution >= 4 is 11.4 Å². The molecule has 2 unspecified atom stereocenters. The zero-order valence-electron chi connectivity index (χ0n) is 16.2. The molecule has 0 fully saturated rings. The highest BCUT2D eigenvalue weighted by molar-refractivity contribution is 5.58. The van der Waals surface area contributed by atoms with Crippen LogP contribution in [0.3, 0.4) is 0 Å². The van der Waals surface area contributed by atoms with Gasteiger partial charge in [0.1, 0.15) is 0 Å². The van der Waals surface area contributed by atoms with Crippen LogP contribution in [0.4, 0.5) is 11.4 Å². The largest absolute Gasteiger partial charge is 0.349 e. The van der Waals surface area contributed by atoms with Gasteiger partial charge in [0, 0.05) is 29.9 Å². The van der Waals surface area contributed by atoms with E-state index >= 15 is 0 Å². The van der Waals surface area contributed by atoms with Crippen molar-refractivity contribution in [3.63, 3.8) is 0 Å². The van der Waals surface area contributed by atoms with Crippen molar-refractivity contribution in [1.82, 2.24) is 0 Å². The second kappa shape index (κ2) is 8.03. The molecule has 29 heavy (non-hydrogen) atoms. The lowest BCUT2D eigenvalue weighted by Crippen LogP contribution is -2.39. The molecule has 148 valence electrons. The highest BCUT2D eigenvalue weighted by Gasteiger charge is 2.33. The van der Waals surface area contributed by atoms with Gasteiger partial charge in [-0.3, -0.25) is 10.1 Å². The first-order valence-electron chi connectivity index (χ1n) is 9.56. The predicted octanol–water partition coefficient (Wildman–Crippen LogP) is 4.64. The molecule has 4 rings (SSSR count). The minimum absolute atomic E-state index is 0.0472. The van der Waals surface area contributed by atoms with E-state index in [9.17, 15) is 10.1 Å². The van der Waals surface area contributed by atoms with Crippen LogP contribution in [0.1, 0.15) is 34.5 Å². The molecule has 0 bridgehead atoms. The maximum absolute atomic E-state index is 11.6. The van der Waals surface area contributed by atoms with Crippen molar-refractivity contribution in [2.24, 2.45) is 5.73 Å². The molecule has 0 radical (unpaired) electrons. The Hall–Kier alpha value is -3.22. The van der Waals surface area contributed by atoms with Crippen molar-refractivity contribution in [2.45, 2.75) is 25.8 Å². The Balaban J connectivity index is 1.75. The van der Waals surface area contributed by atoms with Crippen LogP contribution in [0.25, 0.3) is 0 Å². The highest BCUT2D eigenvalue weighted by Crippen LogP contribution is 2.40.